The summed E-state index contributed by atoms with van der Waals surface area (Å²) in [5.74, 6) is 3.03. The molecule has 0 saturated carbocycles. The van der Waals surface area contributed by atoms with Crippen LogP contribution in [0.3, 0.4) is 0 Å². The zero-order chi connectivity index (χ0) is 23.9. The Hall–Kier alpha value is -4.05. The minimum Gasteiger partial charge on any atom is -0.497 e. The van der Waals surface area contributed by atoms with Crippen LogP contribution in [0, 0.1) is 10.1 Å². The second kappa shape index (κ2) is 10.7. The molecule has 9 nitrogen and oxygen atoms in total. The van der Waals surface area contributed by atoms with Crippen molar-refractivity contribution in [1.29, 1.82) is 0 Å². The Morgan fingerprint density at radius 1 is 0.941 bits per heavy atom. The largest absolute Gasteiger partial charge is 0.497 e. The van der Waals surface area contributed by atoms with Crippen molar-refractivity contribution in [2.75, 3.05) is 14.2 Å². The van der Waals surface area contributed by atoms with Gasteiger partial charge >= 0.3 is 0 Å². The zero-order valence-corrected chi connectivity index (χ0v) is 19.4. The highest BCUT2D eigenvalue weighted by atomic mass is 32.2. The van der Waals surface area contributed by atoms with E-state index >= 15 is 0 Å². The van der Waals surface area contributed by atoms with Gasteiger partial charge in [0.15, 0.2) is 11.0 Å². The first-order chi connectivity index (χ1) is 16.6. The lowest BCUT2D eigenvalue weighted by Gasteiger charge is -2.12. The van der Waals surface area contributed by atoms with Crippen molar-refractivity contribution in [3.05, 3.63) is 94.3 Å². The van der Waals surface area contributed by atoms with Gasteiger partial charge in [-0.05, 0) is 42.5 Å². The number of thioether (sulfide) groups is 1. The molecule has 0 aliphatic carbocycles. The first-order valence-electron chi connectivity index (χ1n) is 10.3. The molecule has 3 aromatic carbocycles. The second-order valence-corrected chi connectivity index (χ2v) is 8.02. The minimum absolute atomic E-state index is 0.00880. The van der Waals surface area contributed by atoms with Crippen LogP contribution in [0.4, 0.5) is 5.69 Å². The van der Waals surface area contributed by atoms with Gasteiger partial charge in [-0.15, -0.1) is 10.2 Å². The van der Waals surface area contributed by atoms with Crippen molar-refractivity contribution < 1.29 is 19.1 Å². The Kier molecular flexibility index (Phi) is 7.28. The number of aromatic nitrogens is 3. The van der Waals surface area contributed by atoms with Crippen molar-refractivity contribution in [2.45, 2.75) is 17.5 Å². The molecule has 0 bridgehead atoms. The summed E-state index contributed by atoms with van der Waals surface area (Å²) in [6.07, 6.45) is 0. The maximum absolute atomic E-state index is 11.2. The number of nitro benzene ring substituents is 1. The number of benzene rings is 3. The highest BCUT2D eigenvalue weighted by Gasteiger charge is 2.17. The number of rotatable bonds is 10. The molecule has 0 spiro atoms. The van der Waals surface area contributed by atoms with E-state index < -0.39 is 4.92 Å². The molecule has 0 fully saturated rings. The Morgan fingerprint density at radius 2 is 1.68 bits per heavy atom. The summed E-state index contributed by atoms with van der Waals surface area (Å²) in [4.78, 5) is 10.8. The standard InChI is InChI=1S/C24H22N4O5S/c1-31-20-9-11-21(12-10-20)33-15-23-25-26-24(27(23)18-6-4-3-5-7-18)34-16-17-14-19(28(29)30)8-13-22(17)32-2/h3-14H,15-16H2,1-2H3. The van der Waals surface area contributed by atoms with Gasteiger partial charge in [0, 0.05) is 29.1 Å². The molecule has 0 radical (unpaired) electrons. The van der Waals surface area contributed by atoms with Crippen molar-refractivity contribution in [3.63, 3.8) is 0 Å². The molecule has 0 unspecified atom stereocenters. The molecular weight excluding hydrogens is 456 g/mol. The third-order valence-electron chi connectivity index (χ3n) is 4.97. The first kappa shape index (κ1) is 23.1. The number of methoxy groups -OCH3 is 2. The maximum Gasteiger partial charge on any atom is 0.270 e. The number of nitrogens with zero attached hydrogens (tertiary/aromatic N) is 4. The Bertz CT molecular complexity index is 1260. The molecule has 0 aliphatic heterocycles. The lowest BCUT2D eigenvalue weighted by atomic mass is 10.2. The van der Waals surface area contributed by atoms with Crippen LogP contribution in [0.1, 0.15) is 11.4 Å². The van der Waals surface area contributed by atoms with Gasteiger partial charge in [-0.1, -0.05) is 30.0 Å². The summed E-state index contributed by atoms with van der Waals surface area (Å²) in [7, 11) is 3.15. The fraction of sp³-hybridized carbons (Fsp3) is 0.167. The highest BCUT2D eigenvalue weighted by molar-refractivity contribution is 7.98. The van der Waals surface area contributed by atoms with Gasteiger partial charge in [0.05, 0.1) is 19.1 Å². The van der Waals surface area contributed by atoms with E-state index in [0.29, 0.717) is 33.8 Å². The van der Waals surface area contributed by atoms with E-state index in [-0.39, 0.29) is 12.3 Å². The molecule has 174 valence electrons. The van der Waals surface area contributed by atoms with E-state index in [1.807, 2.05) is 59.2 Å². The average molecular weight is 479 g/mol. The van der Waals surface area contributed by atoms with Crippen molar-refractivity contribution in [3.8, 4) is 22.9 Å². The van der Waals surface area contributed by atoms with Crippen LogP contribution < -0.4 is 14.2 Å². The third kappa shape index (κ3) is 5.29. The molecule has 0 atom stereocenters. The summed E-state index contributed by atoms with van der Waals surface area (Å²) < 4.78 is 18.4. The topological polar surface area (TPSA) is 102 Å². The van der Waals surface area contributed by atoms with Crippen molar-refractivity contribution >= 4 is 17.4 Å². The predicted octanol–water partition coefficient (Wildman–Crippen LogP) is 5.06. The van der Waals surface area contributed by atoms with Crippen LogP contribution in [0.25, 0.3) is 5.69 Å². The molecule has 34 heavy (non-hydrogen) atoms. The van der Waals surface area contributed by atoms with Crippen molar-refractivity contribution in [2.24, 2.45) is 0 Å². The lowest BCUT2D eigenvalue weighted by molar-refractivity contribution is -0.384. The fourth-order valence-electron chi connectivity index (χ4n) is 3.28. The monoisotopic (exact) mass is 478 g/mol. The predicted molar refractivity (Wildman–Crippen MR) is 128 cm³/mol. The van der Waals surface area contributed by atoms with Gasteiger partial charge in [-0.2, -0.15) is 0 Å². The molecule has 1 heterocycles. The summed E-state index contributed by atoms with van der Waals surface area (Å²) in [5, 5.41) is 20.5. The Morgan fingerprint density at radius 3 is 2.35 bits per heavy atom. The Balaban J connectivity index is 1.58. The molecule has 0 saturated heterocycles. The second-order valence-electron chi connectivity index (χ2n) is 7.08. The number of para-hydroxylation sites is 1. The number of hydrogen-bond donors (Lipinski definition) is 0. The van der Waals surface area contributed by atoms with Crippen LogP contribution in [0.15, 0.2) is 78.0 Å². The van der Waals surface area contributed by atoms with E-state index in [1.54, 1.807) is 13.2 Å². The minimum atomic E-state index is -0.422. The molecule has 0 N–H and O–H groups in total. The number of non-ortho nitro benzene ring substituents is 1. The fourth-order valence-corrected chi connectivity index (χ4v) is 4.23. The quantitative estimate of drug-likeness (QED) is 0.177. The van der Waals surface area contributed by atoms with Gasteiger partial charge in [0.1, 0.15) is 23.9 Å². The smallest absolute Gasteiger partial charge is 0.270 e. The van der Waals surface area contributed by atoms with Crippen molar-refractivity contribution in [1.82, 2.24) is 14.8 Å². The van der Waals surface area contributed by atoms with Crippen LogP contribution >= 0.6 is 11.8 Å². The zero-order valence-electron chi connectivity index (χ0n) is 18.6. The van der Waals surface area contributed by atoms with Crippen LogP contribution in [-0.2, 0) is 12.4 Å². The third-order valence-corrected chi connectivity index (χ3v) is 5.95. The number of hydrogen-bond acceptors (Lipinski definition) is 8. The number of ether oxygens (including phenoxy) is 3. The van der Waals surface area contributed by atoms with E-state index in [2.05, 4.69) is 10.2 Å². The molecular formula is C24H22N4O5S. The summed E-state index contributed by atoms with van der Waals surface area (Å²) in [6.45, 7) is 0.203. The Labute approximate surface area is 200 Å². The number of nitro groups is 1. The van der Waals surface area contributed by atoms with Gasteiger partial charge in [-0.25, -0.2) is 0 Å². The molecule has 0 amide bonds. The van der Waals surface area contributed by atoms with E-state index in [1.165, 1.54) is 31.0 Å². The van der Waals surface area contributed by atoms with Crippen LogP contribution in [0.2, 0.25) is 0 Å². The lowest BCUT2D eigenvalue weighted by Crippen LogP contribution is -2.06. The highest BCUT2D eigenvalue weighted by Crippen LogP contribution is 2.31. The first-order valence-corrected chi connectivity index (χ1v) is 11.3. The van der Waals surface area contributed by atoms with Gasteiger partial charge in [-0.3, -0.25) is 14.7 Å². The van der Waals surface area contributed by atoms with Crippen LogP contribution in [0.5, 0.6) is 17.2 Å². The molecule has 1 aromatic heterocycles. The molecule has 4 aromatic rings. The van der Waals surface area contributed by atoms with Crippen LogP contribution in [-0.4, -0.2) is 33.9 Å². The SMILES string of the molecule is COc1ccc(OCc2nnc(SCc3cc([N+](=O)[O-])ccc3OC)n2-c2ccccc2)cc1. The molecule has 10 heteroatoms. The van der Waals surface area contributed by atoms with E-state index in [0.717, 1.165) is 11.4 Å². The molecule has 4 rings (SSSR count). The maximum atomic E-state index is 11.2. The van der Waals surface area contributed by atoms with E-state index in [9.17, 15) is 10.1 Å². The van der Waals surface area contributed by atoms with Gasteiger partial charge in [0.25, 0.3) is 5.69 Å². The summed E-state index contributed by atoms with van der Waals surface area (Å²) >= 11 is 1.41. The van der Waals surface area contributed by atoms with E-state index in [4.69, 9.17) is 14.2 Å². The molecule has 0 aliphatic rings. The normalized spacial score (nSPS) is 10.6. The van der Waals surface area contributed by atoms with Gasteiger partial charge in [0.2, 0.25) is 0 Å². The van der Waals surface area contributed by atoms with Gasteiger partial charge < -0.3 is 14.2 Å². The summed E-state index contributed by atoms with van der Waals surface area (Å²) in [6, 6.07) is 21.6. The summed E-state index contributed by atoms with van der Waals surface area (Å²) in [5.41, 5.74) is 1.59. The average Bonchev–Trinajstić information content (AvgIpc) is 3.29.